The number of benzene rings is 1. The summed E-state index contributed by atoms with van der Waals surface area (Å²) >= 11 is 1.36. The molecule has 1 aromatic heterocycles. The maximum absolute atomic E-state index is 12.1. The van der Waals surface area contributed by atoms with Gasteiger partial charge >= 0.3 is 12.6 Å². The van der Waals surface area contributed by atoms with Crippen LogP contribution in [-0.2, 0) is 4.79 Å². The number of carboxylic acids is 1. The van der Waals surface area contributed by atoms with Crippen LogP contribution >= 0.6 is 11.3 Å². The molecule has 2 rings (SSSR count). The molecule has 1 heterocycles. The number of rotatable bonds is 7. The zero-order chi connectivity index (χ0) is 16.8. The predicted molar refractivity (Wildman–Crippen MR) is 82.0 cm³/mol. The predicted octanol–water partition coefficient (Wildman–Crippen LogP) is 4.09. The van der Waals surface area contributed by atoms with Crippen molar-refractivity contribution in [2.45, 2.75) is 13.0 Å². The largest absolute Gasteiger partial charge is 0.478 e. The van der Waals surface area contributed by atoms with Crippen molar-refractivity contribution in [1.29, 1.82) is 0 Å². The molecule has 0 saturated heterocycles. The Morgan fingerprint density at radius 3 is 2.43 bits per heavy atom. The summed E-state index contributed by atoms with van der Waals surface area (Å²) in [5, 5.41) is 11.0. The number of carboxylic acid groups (broad SMARTS) is 1. The smallest absolute Gasteiger partial charge is 0.387 e. The second-order valence-electron chi connectivity index (χ2n) is 4.49. The third-order valence-electron chi connectivity index (χ3n) is 2.89. The van der Waals surface area contributed by atoms with Crippen molar-refractivity contribution in [3.05, 3.63) is 57.8 Å². The summed E-state index contributed by atoms with van der Waals surface area (Å²) in [5.41, 5.74) is 0.190. The number of Topliss-reactive ketones (excluding diaryl/α,β-unsaturated/α-hetero) is 1. The van der Waals surface area contributed by atoms with Gasteiger partial charge < -0.3 is 9.84 Å². The summed E-state index contributed by atoms with van der Waals surface area (Å²) in [6.07, 6.45) is 1.15. The number of ketones is 1. The number of carbonyl (C=O) groups excluding carboxylic acids is 1. The molecule has 7 heteroatoms. The summed E-state index contributed by atoms with van der Waals surface area (Å²) in [4.78, 5) is 24.1. The Kier molecular flexibility index (Phi) is 5.59. The molecule has 2 aromatic rings. The topological polar surface area (TPSA) is 63.6 Å². The van der Waals surface area contributed by atoms with Crippen LogP contribution in [0.1, 0.15) is 21.7 Å². The van der Waals surface area contributed by atoms with Crippen LogP contribution in [0, 0.1) is 0 Å². The van der Waals surface area contributed by atoms with Crippen LogP contribution in [0.5, 0.6) is 5.75 Å². The zero-order valence-electron chi connectivity index (χ0n) is 11.7. The van der Waals surface area contributed by atoms with Crippen LogP contribution in [0.15, 0.2) is 47.4 Å². The summed E-state index contributed by atoms with van der Waals surface area (Å²) in [6.45, 7) is -2.94. The van der Waals surface area contributed by atoms with Gasteiger partial charge in [-0.25, -0.2) is 4.79 Å². The van der Waals surface area contributed by atoms with E-state index in [0.717, 1.165) is 4.88 Å². The standard InChI is InChI=1S/C16H12F2O4S/c17-16(18)22-12-5-3-10(4-6-12)14(19)9-11(15(20)21)8-13-2-1-7-23-13/h1-8,16H,9H2,(H,20,21). The Morgan fingerprint density at radius 1 is 1.22 bits per heavy atom. The van der Waals surface area contributed by atoms with Gasteiger partial charge in [-0.15, -0.1) is 11.3 Å². The van der Waals surface area contributed by atoms with Crippen LogP contribution in [0.2, 0.25) is 0 Å². The van der Waals surface area contributed by atoms with E-state index in [0.29, 0.717) is 0 Å². The normalized spacial score (nSPS) is 11.5. The number of thiophene rings is 1. The summed E-state index contributed by atoms with van der Waals surface area (Å²) in [6, 6.07) is 8.65. The highest BCUT2D eigenvalue weighted by Crippen LogP contribution is 2.19. The van der Waals surface area contributed by atoms with E-state index in [1.807, 2.05) is 0 Å². The number of carbonyl (C=O) groups is 2. The number of alkyl halides is 2. The van der Waals surface area contributed by atoms with E-state index in [9.17, 15) is 23.5 Å². The third-order valence-corrected chi connectivity index (χ3v) is 3.71. The number of hydrogen-bond donors (Lipinski definition) is 1. The first-order valence-electron chi connectivity index (χ1n) is 6.51. The van der Waals surface area contributed by atoms with Gasteiger partial charge in [0.05, 0.1) is 0 Å². The van der Waals surface area contributed by atoms with Crippen molar-refractivity contribution >= 4 is 29.2 Å². The van der Waals surface area contributed by atoms with Crippen molar-refractivity contribution in [1.82, 2.24) is 0 Å². The van der Waals surface area contributed by atoms with E-state index in [1.165, 1.54) is 41.7 Å². The lowest BCUT2D eigenvalue weighted by Crippen LogP contribution is -2.08. The Morgan fingerprint density at radius 2 is 1.91 bits per heavy atom. The Balaban J connectivity index is 2.11. The van der Waals surface area contributed by atoms with Crippen molar-refractivity contribution in [2.24, 2.45) is 0 Å². The Labute approximate surface area is 134 Å². The van der Waals surface area contributed by atoms with Crippen LogP contribution in [0.3, 0.4) is 0 Å². The molecule has 0 aliphatic carbocycles. The maximum Gasteiger partial charge on any atom is 0.387 e. The fourth-order valence-corrected chi connectivity index (χ4v) is 2.51. The first-order valence-corrected chi connectivity index (χ1v) is 7.39. The molecule has 0 amide bonds. The fourth-order valence-electron chi connectivity index (χ4n) is 1.83. The van der Waals surface area contributed by atoms with Crippen LogP contribution in [-0.4, -0.2) is 23.5 Å². The third kappa shape index (κ3) is 5.00. The zero-order valence-corrected chi connectivity index (χ0v) is 12.6. The molecule has 0 aliphatic rings. The van der Waals surface area contributed by atoms with Gasteiger partial charge in [-0.3, -0.25) is 4.79 Å². The molecule has 0 saturated carbocycles. The van der Waals surface area contributed by atoms with Crippen molar-refractivity contribution < 1.29 is 28.2 Å². The minimum atomic E-state index is -2.94. The van der Waals surface area contributed by atoms with Gasteiger partial charge in [0.1, 0.15) is 5.75 Å². The first kappa shape index (κ1) is 16.8. The highest BCUT2D eigenvalue weighted by atomic mass is 32.1. The van der Waals surface area contributed by atoms with E-state index < -0.39 is 18.4 Å². The lowest BCUT2D eigenvalue weighted by Gasteiger charge is -2.06. The minimum absolute atomic E-state index is 0.0367. The number of halogens is 2. The van der Waals surface area contributed by atoms with Crippen molar-refractivity contribution in [3.63, 3.8) is 0 Å². The van der Waals surface area contributed by atoms with Crippen LogP contribution < -0.4 is 4.74 Å². The lowest BCUT2D eigenvalue weighted by molar-refractivity contribution is -0.132. The summed E-state index contributed by atoms with van der Waals surface area (Å²) in [5.74, 6) is -1.66. The number of aliphatic carboxylic acids is 1. The molecule has 23 heavy (non-hydrogen) atoms. The molecule has 4 nitrogen and oxygen atoms in total. The van der Waals surface area contributed by atoms with Crippen molar-refractivity contribution in [3.8, 4) is 5.75 Å². The molecule has 0 aliphatic heterocycles. The van der Waals surface area contributed by atoms with Gasteiger partial charge in [0.25, 0.3) is 0 Å². The molecular weight excluding hydrogens is 326 g/mol. The van der Waals surface area contributed by atoms with Gasteiger partial charge in [0.2, 0.25) is 0 Å². The second kappa shape index (κ2) is 7.64. The Hall–Kier alpha value is -2.54. The molecule has 0 atom stereocenters. The Bertz CT molecular complexity index is 706. The number of ether oxygens (including phenoxy) is 1. The molecule has 0 fully saturated rings. The molecule has 0 unspecified atom stereocenters. The fraction of sp³-hybridized carbons (Fsp3) is 0.125. The summed E-state index contributed by atoms with van der Waals surface area (Å²) in [7, 11) is 0. The minimum Gasteiger partial charge on any atom is -0.478 e. The van der Waals surface area contributed by atoms with Crippen LogP contribution in [0.25, 0.3) is 6.08 Å². The maximum atomic E-state index is 12.1. The quantitative estimate of drug-likeness (QED) is 0.610. The molecule has 0 spiro atoms. The van der Waals surface area contributed by atoms with E-state index in [-0.39, 0.29) is 23.3 Å². The lowest BCUT2D eigenvalue weighted by atomic mass is 10.0. The van der Waals surface area contributed by atoms with Gasteiger partial charge in [-0.05, 0) is 41.8 Å². The van der Waals surface area contributed by atoms with Gasteiger partial charge in [-0.2, -0.15) is 8.78 Å². The second-order valence-corrected chi connectivity index (χ2v) is 5.47. The van der Waals surface area contributed by atoms with Gasteiger partial charge in [0, 0.05) is 22.4 Å². The highest BCUT2D eigenvalue weighted by Gasteiger charge is 2.15. The van der Waals surface area contributed by atoms with Crippen LogP contribution in [0.4, 0.5) is 8.78 Å². The van der Waals surface area contributed by atoms with E-state index in [2.05, 4.69) is 4.74 Å². The SMILES string of the molecule is O=C(O)C(=Cc1cccs1)CC(=O)c1ccc(OC(F)F)cc1. The molecule has 0 bridgehead atoms. The molecule has 120 valence electrons. The number of hydrogen-bond acceptors (Lipinski definition) is 4. The highest BCUT2D eigenvalue weighted by molar-refractivity contribution is 7.10. The van der Waals surface area contributed by atoms with Gasteiger partial charge in [-0.1, -0.05) is 6.07 Å². The van der Waals surface area contributed by atoms with E-state index in [4.69, 9.17) is 0 Å². The molecule has 1 N–H and O–H groups in total. The van der Waals surface area contributed by atoms with Gasteiger partial charge in [0.15, 0.2) is 5.78 Å². The molecule has 1 aromatic carbocycles. The molecular formula is C16H12F2O4S. The first-order chi connectivity index (χ1) is 11.0. The van der Waals surface area contributed by atoms with Crippen molar-refractivity contribution in [2.75, 3.05) is 0 Å². The molecule has 0 radical (unpaired) electrons. The average molecular weight is 338 g/mol. The monoisotopic (exact) mass is 338 g/mol. The average Bonchev–Trinajstić information content (AvgIpc) is 2.99. The van der Waals surface area contributed by atoms with E-state index in [1.54, 1.807) is 17.5 Å². The van der Waals surface area contributed by atoms with E-state index >= 15 is 0 Å². The summed E-state index contributed by atoms with van der Waals surface area (Å²) < 4.78 is 28.3.